The number of amides is 1. The molecule has 6 rings (SSSR count). The maximum atomic E-state index is 12.5. The molecule has 0 bridgehead atoms. The number of aromatic nitrogens is 4. The maximum Gasteiger partial charge on any atom is 0.228 e. The molecule has 9 nitrogen and oxygen atoms in total. The van der Waals surface area contributed by atoms with Crippen molar-refractivity contribution in [3.05, 3.63) is 121 Å². The Bertz CT molecular complexity index is 1820. The van der Waals surface area contributed by atoms with Crippen LogP contribution in [0.5, 0.6) is 11.5 Å². The number of nitrogens with zero attached hydrogens (tertiary/aromatic N) is 4. The van der Waals surface area contributed by atoms with Crippen molar-refractivity contribution in [1.29, 1.82) is 0 Å². The SMILES string of the molecule is Nc1ccccc1NC(=O)Cc1ccc(Cn2nc(-c3ccc(Oc4ccccc4)cc3)c3c(N)ncnc32)cc1. The second-order valence-corrected chi connectivity index (χ2v) is 9.53. The van der Waals surface area contributed by atoms with E-state index in [2.05, 4.69) is 15.3 Å². The Balaban J connectivity index is 1.20. The highest BCUT2D eigenvalue weighted by Gasteiger charge is 2.17. The van der Waals surface area contributed by atoms with Crippen LogP contribution in [0.15, 0.2) is 109 Å². The molecule has 2 heterocycles. The quantitative estimate of drug-likeness (QED) is 0.211. The van der Waals surface area contributed by atoms with Gasteiger partial charge >= 0.3 is 0 Å². The standard InChI is InChI=1S/C32H27N7O2/c33-26-8-4-5-9-27(26)37-28(40)18-21-10-12-22(13-11-21)19-39-32-29(31(34)35-20-36-32)30(38-39)23-14-16-25(17-15-23)41-24-6-2-1-3-7-24/h1-17,20H,18-19,33H2,(H,37,40)(H2,34,35,36). The zero-order valence-electron chi connectivity index (χ0n) is 22.1. The Morgan fingerprint density at radius 2 is 1.46 bits per heavy atom. The minimum Gasteiger partial charge on any atom is -0.457 e. The summed E-state index contributed by atoms with van der Waals surface area (Å²) in [6, 6.07) is 32.3. The van der Waals surface area contributed by atoms with Crippen molar-refractivity contribution in [2.24, 2.45) is 0 Å². The van der Waals surface area contributed by atoms with Crippen LogP contribution in [0.25, 0.3) is 22.3 Å². The van der Waals surface area contributed by atoms with Gasteiger partial charge in [0.05, 0.1) is 29.7 Å². The van der Waals surface area contributed by atoms with E-state index in [1.165, 1.54) is 6.33 Å². The molecule has 5 N–H and O–H groups in total. The van der Waals surface area contributed by atoms with Crippen LogP contribution in [0.2, 0.25) is 0 Å². The van der Waals surface area contributed by atoms with Gasteiger partial charge in [0.15, 0.2) is 5.65 Å². The van der Waals surface area contributed by atoms with E-state index in [1.807, 2.05) is 95.7 Å². The van der Waals surface area contributed by atoms with Crippen molar-refractivity contribution in [3.63, 3.8) is 0 Å². The van der Waals surface area contributed by atoms with Crippen molar-refractivity contribution in [3.8, 4) is 22.8 Å². The molecule has 0 aliphatic heterocycles. The summed E-state index contributed by atoms with van der Waals surface area (Å²) in [5, 5.41) is 8.43. The number of nitrogen functional groups attached to an aromatic ring is 2. The van der Waals surface area contributed by atoms with Gasteiger partial charge in [-0.2, -0.15) is 5.10 Å². The lowest BCUT2D eigenvalue weighted by Crippen LogP contribution is -2.15. The average molecular weight is 542 g/mol. The first kappa shape index (κ1) is 25.6. The topological polar surface area (TPSA) is 134 Å². The minimum absolute atomic E-state index is 0.134. The van der Waals surface area contributed by atoms with Crippen LogP contribution in [0.3, 0.4) is 0 Å². The van der Waals surface area contributed by atoms with Gasteiger partial charge in [-0.1, -0.05) is 54.6 Å². The van der Waals surface area contributed by atoms with Crippen LogP contribution < -0.4 is 21.5 Å². The van der Waals surface area contributed by atoms with Crippen LogP contribution in [-0.2, 0) is 17.8 Å². The number of benzene rings is 4. The van der Waals surface area contributed by atoms with Crippen LogP contribution in [0, 0.1) is 0 Å². The van der Waals surface area contributed by atoms with Crippen LogP contribution in [-0.4, -0.2) is 25.7 Å². The fourth-order valence-electron chi connectivity index (χ4n) is 4.57. The highest BCUT2D eigenvalue weighted by atomic mass is 16.5. The Hall–Kier alpha value is -5.70. The molecule has 2 aromatic heterocycles. The molecule has 0 unspecified atom stereocenters. The monoisotopic (exact) mass is 541 g/mol. The van der Waals surface area contributed by atoms with Crippen molar-refractivity contribution in [2.75, 3.05) is 16.8 Å². The van der Waals surface area contributed by atoms with Gasteiger partial charge < -0.3 is 21.5 Å². The summed E-state index contributed by atoms with van der Waals surface area (Å²) in [7, 11) is 0. The number of carbonyl (C=O) groups is 1. The molecule has 0 radical (unpaired) electrons. The van der Waals surface area contributed by atoms with Crippen molar-refractivity contribution in [1.82, 2.24) is 19.7 Å². The number of carbonyl (C=O) groups excluding carboxylic acids is 1. The fraction of sp³-hybridized carbons (Fsp3) is 0.0625. The Kier molecular flexibility index (Phi) is 6.98. The van der Waals surface area contributed by atoms with E-state index in [1.54, 1.807) is 12.1 Å². The van der Waals surface area contributed by atoms with Gasteiger partial charge in [-0.05, 0) is 59.7 Å². The van der Waals surface area contributed by atoms with Gasteiger partial charge in [0.25, 0.3) is 0 Å². The lowest BCUT2D eigenvalue weighted by Gasteiger charge is -2.09. The Labute approximate surface area is 236 Å². The van der Waals surface area contributed by atoms with Crippen LogP contribution in [0.4, 0.5) is 17.2 Å². The summed E-state index contributed by atoms with van der Waals surface area (Å²) in [4.78, 5) is 21.2. The first-order valence-electron chi connectivity index (χ1n) is 13.1. The normalized spacial score (nSPS) is 10.9. The molecule has 6 aromatic rings. The molecular formula is C32H27N7O2. The summed E-state index contributed by atoms with van der Waals surface area (Å²) in [5.41, 5.74) is 17.4. The number of anilines is 3. The average Bonchev–Trinajstić information content (AvgIpc) is 3.36. The number of nitrogens with one attached hydrogen (secondary N) is 1. The molecule has 0 fully saturated rings. The third kappa shape index (κ3) is 5.69. The van der Waals surface area contributed by atoms with Crippen molar-refractivity contribution >= 4 is 34.1 Å². The number of fused-ring (bicyclic) bond motifs is 1. The number of nitrogens with two attached hydrogens (primary N) is 2. The molecule has 1 amide bonds. The van der Waals surface area contributed by atoms with Gasteiger partial charge in [0, 0.05) is 5.56 Å². The van der Waals surface area contributed by atoms with Crippen LogP contribution >= 0.6 is 0 Å². The van der Waals surface area contributed by atoms with E-state index in [-0.39, 0.29) is 12.3 Å². The highest BCUT2D eigenvalue weighted by Crippen LogP contribution is 2.32. The number of hydrogen-bond acceptors (Lipinski definition) is 7. The molecule has 202 valence electrons. The molecule has 4 aromatic carbocycles. The number of ether oxygens (including phenoxy) is 1. The number of hydrogen-bond donors (Lipinski definition) is 3. The van der Waals surface area contributed by atoms with E-state index in [0.29, 0.717) is 46.2 Å². The van der Waals surface area contributed by atoms with E-state index < -0.39 is 0 Å². The van der Waals surface area contributed by atoms with Crippen LogP contribution in [0.1, 0.15) is 11.1 Å². The van der Waals surface area contributed by atoms with E-state index in [4.69, 9.17) is 21.3 Å². The van der Waals surface area contributed by atoms with E-state index in [0.717, 1.165) is 22.4 Å². The van der Waals surface area contributed by atoms with Gasteiger partial charge in [0.2, 0.25) is 5.91 Å². The van der Waals surface area contributed by atoms with Crippen molar-refractivity contribution < 1.29 is 9.53 Å². The molecule has 0 aliphatic rings. The summed E-state index contributed by atoms with van der Waals surface area (Å²) in [5.74, 6) is 1.71. The third-order valence-corrected chi connectivity index (χ3v) is 6.62. The molecule has 0 saturated heterocycles. The molecule has 0 spiro atoms. The number of para-hydroxylation sites is 3. The second kappa shape index (κ2) is 11.2. The van der Waals surface area contributed by atoms with Gasteiger partial charge in [-0.25, -0.2) is 14.6 Å². The predicted octanol–water partition coefficient (Wildman–Crippen LogP) is 5.68. The van der Waals surface area contributed by atoms with E-state index in [9.17, 15) is 4.79 Å². The molecular weight excluding hydrogens is 514 g/mol. The second-order valence-electron chi connectivity index (χ2n) is 9.53. The molecule has 41 heavy (non-hydrogen) atoms. The van der Waals surface area contributed by atoms with E-state index >= 15 is 0 Å². The van der Waals surface area contributed by atoms with Gasteiger partial charge in [-0.3, -0.25) is 4.79 Å². The largest absolute Gasteiger partial charge is 0.457 e. The lowest BCUT2D eigenvalue weighted by atomic mass is 10.1. The summed E-state index contributed by atoms with van der Waals surface area (Å²) < 4.78 is 7.74. The molecule has 9 heteroatoms. The molecule has 0 saturated carbocycles. The summed E-state index contributed by atoms with van der Waals surface area (Å²) in [6.45, 7) is 0.467. The number of rotatable bonds is 8. The zero-order valence-corrected chi connectivity index (χ0v) is 22.1. The molecule has 0 atom stereocenters. The predicted molar refractivity (Wildman–Crippen MR) is 160 cm³/mol. The molecule has 0 aliphatic carbocycles. The Morgan fingerprint density at radius 1 is 0.780 bits per heavy atom. The maximum absolute atomic E-state index is 12.5. The van der Waals surface area contributed by atoms with Gasteiger partial charge in [0.1, 0.15) is 29.3 Å². The smallest absolute Gasteiger partial charge is 0.228 e. The zero-order chi connectivity index (χ0) is 28.2. The minimum atomic E-state index is -0.134. The summed E-state index contributed by atoms with van der Waals surface area (Å²) in [6.07, 6.45) is 1.68. The first-order chi connectivity index (χ1) is 20.0. The Morgan fingerprint density at radius 3 is 2.22 bits per heavy atom. The highest BCUT2D eigenvalue weighted by molar-refractivity contribution is 5.98. The lowest BCUT2D eigenvalue weighted by molar-refractivity contribution is -0.115. The van der Waals surface area contributed by atoms with Crippen molar-refractivity contribution in [2.45, 2.75) is 13.0 Å². The fourth-order valence-corrected chi connectivity index (χ4v) is 4.57. The summed E-state index contributed by atoms with van der Waals surface area (Å²) >= 11 is 0. The van der Waals surface area contributed by atoms with Gasteiger partial charge in [-0.15, -0.1) is 0 Å². The third-order valence-electron chi connectivity index (χ3n) is 6.62. The first-order valence-corrected chi connectivity index (χ1v) is 13.1.